The van der Waals surface area contributed by atoms with E-state index in [0.29, 0.717) is 12.2 Å². The summed E-state index contributed by atoms with van der Waals surface area (Å²) in [6, 6.07) is 13.0. The number of carbonyl (C=O) groups is 1. The number of carbonyl (C=O) groups excluding carboxylic acids is 1. The molecule has 0 aliphatic carbocycles. The van der Waals surface area contributed by atoms with Gasteiger partial charge in [0, 0.05) is 38.3 Å². The van der Waals surface area contributed by atoms with E-state index in [1.165, 1.54) is 0 Å². The summed E-state index contributed by atoms with van der Waals surface area (Å²) in [7, 11) is 3.90. The normalized spacial score (nSPS) is 13.8. The first-order valence-corrected chi connectivity index (χ1v) is 8.04. The van der Waals surface area contributed by atoms with Gasteiger partial charge in [-0.15, -0.1) is 0 Å². The van der Waals surface area contributed by atoms with Crippen molar-refractivity contribution in [2.75, 3.05) is 32.1 Å². The Bertz CT molecular complexity index is 726. The number of hydrogen-bond acceptors (Lipinski definition) is 4. The van der Waals surface area contributed by atoms with Crippen LogP contribution in [0.2, 0.25) is 0 Å². The number of ether oxygens (including phenoxy) is 1. The molecule has 0 saturated heterocycles. The van der Waals surface area contributed by atoms with Gasteiger partial charge in [0.2, 0.25) is 0 Å². The predicted molar refractivity (Wildman–Crippen MR) is 93.7 cm³/mol. The molecule has 2 N–H and O–H groups in total. The summed E-state index contributed by atoms with van der Waals surface area (Å²) in [5, 5.41) is 13.1. The highest BCUT2D eigenvalue weighted by Crippen LogP contribution is 2.28. The number of nitrogens with zero attached hydrogens (tertiary/aromatic N) is 1. The van der Waals surface area contributed by atoms with Crippen LogP contribution in [0.25, 0.3) is 0 Å². The highest BCUT2D eigenvalue weighted by atomic mass is 16.5. The van der Waals surface area contributed by atoms with Crippen LogP contribution in [-0.4, -0.2) is 38.3 Å². The van der Waals surface area contributed by atoms with E-state index in [9.17, 15) is 9.90 Å². The maximum absolute atomic E-state index is 12.2. The number of fused-ring (bicyclic) bond motifs is 1. The fourth-order valence-electron chi connectivity index (χ4n) is 2.73. The van der Waals surface area contributed by atoms with Crippen molar-refractivity contribution in [1.29, 1.82) is 0 Å². The van der Waals surface area contributed by atoms with E-state index in [1.807, 2.05) is 49.3 Å². The molecule has 0 saturated carbocycles. The van der Waals surface area contributed by atoms with E-state index in [0.717, 1.165) is 29.0 Å². The van der Waals surface area contributed by atoms with Crippen molar-refractivity contribution in [3.05, 3.63) is 59.2 Å². The molecule has 1 atom stereocenters. The number of anilines is 1. The second-order valence-electron chi connectivity index (χ2n) is 6.13. The molecule has 1 aliphatic heterocycles. The number of benzene rings is 2. The van der Waals surface area contributed by atoms with Crippen molar-refractivity contribution < 1.29 is 14.6 Å². The van der Waals surface area contributed by atoms with Crippen molar-refractivity contribution in [1.82, 2.24) is 5.32 Å². The third kappa shape index (κ3) is 3.51. The molecule has 1 aliphatic rings. The lowest BCUT2D eigenvalue weighted by atomic mass is 10.0. The van der Waals surface area contributed by atoms with Crippen molar-refractivity contribution in [3.63, 3.8) is 0 Å². The summed E-state index contributed by atoms with van der Waals surface area (Å²) in [6.07, 6.45) is 0.126. The Hall–Kier alpha value is -2.53. The van der Waals surface area contributed by atoms with Gasteiger partial charge in [-0.05, 0) is 47.5 Å². The van der Waals surface area contributed by atoms with Gasteiger partial charge >= 0.3 is 0 Å². The Kier molecular flexibility index (Phi) is 4.71. The van der Waals surface area contributed by atoms with Gasteiger partial charge in [-0.3, -0.25) is 4.79 Å². The van der Waals surface area contributed by atoms with E-state index in [1.54, 1.807) is 12.1 Å². The predicted octanol–water partition coefficient (Wildman–Crippen LogP) is 2.15. The van der Waals surface area contributed by atoms with Gasteiger partial charge in [0.05, 0.1) is 12.7 Å². The summed E-state index contributed by atoms with van der Waals surface area (Å²) in [5.41, 5.74) is 3.52. The van der Waals surface area contributed by atoms with Crippen molar-refractivity contribution in [3.8, 4) is 5.75 Å². The first-order chi connectivity index (χ1) is 11.5. The van der Waals surface area contributed by atoms with E-state index in [4.69, 9.17) is 4.74 Å². The fraction of sp³-hybridized carbons (Fsp3) is 0.316. The average Bonchev–Trinajstić information content (AvgIpc) is 3.07. The number of hydrogen-bond donors (Lipinski definition) is 2. The summed E-state index contributed by atoms with van der Waals surface area (Å²) in [6.45, 7) is 0.864. The van der Waals surface area contributed by atoms with Crippen molar-refractivity contribution in [2.45, 2.75) is 12.5 Å². The highest BCUT2D eigenvalue weighted by molar-refractivity contribution is 5.94. The highest BCUT2D eigenvalue weighted by Gasteiger charge is 2.16. The van der Waals surface area contributed by atoms with Crippen LogP contribution in [0, 0.1) is 0 Å². The Morgan fingerprint density at radius 3 is 2.71 bits per heavy atom. The molecule has 1 unspecified atom stereocenters. The quantitative estimate of drug-likeness (QED) is 0.884. The molecule has 0 spiro atoms. The minimum Gasteiger partial charge on any atom is -0.493 e. The molecule has 2 aromatic rings. The molecule has 0 bridgehead atoms. The topological polar surface area (TPSA) is 61.8 Å². The van der Waals surface area contributed by atoms with Gasteiger partial charge in [0.15, 0.2) is 0 Å². The second kappa shape index (κ2) is 6.93. The van der Waals surface area contributed by atoms with Crippen LogP contribution in [0.15, 0.2) is 42.5 Å². The summed E-state index contributed by atoms with van der Waals surface area (Å²) in [5.74, 6) is 0.694. The third-order valence-electron chi connectivity index (χ3n) is 4.20. The van der Waals surface area contributed by atoms with Crippen LogP contribution in [0.5, 0.6) is 5.75 Å². The smallest absolute Gasteiger partial charge is 0.251 e. The SMILES string of the molecule is CN(C)c1ccc(C(=O)NCC(O)c2ccc3c(c2)CCO3)cc1. The van der Waals surface area contributed by atoms with Gasteiger partial charge in [-0.2, -0.15) is 0 Å². The standard InChI is InChI=1S/C19H22N2O3/c1-21(2)16-6-3-13(4-7-16)19(23)20-12-17(22)14-5-8-18-15(11-14)9-10-24-18/h3-8,11,17,22H,9-10,12H2,1-2H3,(H,20,23). The van der Waals surface area contributed by atoms with E-state index in [-0.39, 0.29) is 12.5 Å². The molecule has 0 aromatic heterocycles. The van der Waals surface area contributed by atoms with Gasteiger partial charge in [0.1, 0.15) is 5.75 Å². The largest absolute Gasteiger partial charge is 0.493 e. The van der Waals surface area contributed by atoms with Crippen LogP contribution in [0.4, 0.5) is 5.69 Å². The molecule has 0 fully saturated rings. The van der Waals surface area contributed by atoms with Crippen molar-refractivity contribution >= 4 is 11.6 Å². The molecular formula is C19H22N2O3. The Labute approximate surface area is 141 Å². The zero-order valence-electron chi connectivity index (χ0n) is 14.0. The molecule has 24 heavy (non-hydrogen) atoms. The third-order valence-corrected chi connectivity index (χ3v) is 4.20. The van der Waals surface area contributed by atoms with Gasteiger partial charge in [0.25, 0.3) is 5.91 Å². The number of amides is 1. The molecule has 5 nitrogen and oxygen atoms in total. The summed E-state index contributed by atoms with van der Waals surface area (Å²) >= 11 is 0. The van der Waals surface area contributed by atoms with E-state index in [2.05, 4.69) is 5.32 Å². The molecule has 2 aromatic carbocycles. The molecule has 1 heterocycles. The minimum atomic E-state index is -0.735. The first kappa shape index (κ1) is 16.3. The number of aliphatic hydroxyl groups is 1. The molecule has 0 radical (unpaired) electrons. The maximum Gasteiger partial charge on any atom is 0.251 e. The monoisotopic (exact) mass is 326 g/mol. The number of aliphatic hydroxyl groups excluding tert-OH is 1. The van der Waals surface area contributed by atoms with Crippen LogP contribution >= 0.6 is 0 Å². The van der Waals surface area contributed by atoms with Crippen LogP contribution in [0.3, 0.4) is 0 Å². The van der Waals surface area contributed by atoms with Crippen LogP contribution in [0.1, 0.15) is 27.6 Å². The van der Waals surface area contributed by atoms with Crippen LogP contribution in [-0.2, 0) is 6.42 Å². The Balaban J connectivity index is 1.59. The second-order valence-corrected chi connectivity index (χ2v) is 6.13. The van der Waals surface area contributed by atoms with Crippen molar-refractivity contribution in [2.24, 2.45) is 0 Å². The summed E-state index contributed by atoms with van der Waals surface area (Å²) in [4.78, 5) is 14.2. The molecule has 1 amide bonds. The van der Waals surface area contributed by atoms with E-state index >= 15 is 0 Å². The number of nitrogens with one attached hydrogen (secondary N) is 1. The molecule has 126 valence electrons. The average molecular weight is 326 g/mol. The lowest BCUT2D eigenvalue weighted by Crippen LogP contribution is -2.28. The Morgan fingerprint density at radius 2 is 2.00 bits per heavy atom. The minimum absolute atomic E-state index is 0.175. The van der Waals surface area contributed by atoms with Gasteiger partial charge in [-0.25, -0.2) is 0 Å². The van der Waals surface area contributed by atoms with Gasteiger partial charge in [-0.1, -0.05) is 6.07 Å². The summed E-state index contributed by atoms with van der Waals surface area (Å²) < 4.78 is 5.46. The Morgan fingerprint density at radius 1 is 1.25 bits per heavy atom. The lowest BCUT2D eigenvalue weighted by molar-refractivity contribution is 0.0916. The number of rotatable bonds is 5. The molecular weight excluding hydrogens is 304 g/mol. The molecule has 3 rings (SSSR count). The zero-order chi connectivity index (χ0) is 17.1. The fourth-order valence-corrected chi connectivity index (χ4v) is 2.73. The first-order valence-electron chi connectivity index (χ1n) is 8.04. The maximum atomic E-state index is 12.2. The van der Waals surface area contributed by atoms with Gasteiger partial charge < -0.3 is 20.1 Å². The molecule has 5 heteroatoms. The van der Waals surface area contributed by atoms with E-state index < -0.39 is 6.10 Å². The zero-order valence-corrected chi connectivity index (χ0v) is 14.0. The van der Waals surface area contributed by atoms with Crippen LogP contribution < -0.4 is 15.0 Å². The lowest BCUT2D eigenvalue weighted by Gasteiger charge is -2.14.